The smallest absolute Gasteiger partial charge is 0.410 e. The maximum Gasteiger partial charge on any atom is 0.410 e. The highest BCUT2D eigenvalue weighted by Gasteiger charge is 2.25. The highest BCUT2D eigenvalue weighted by Crippen LogP contribution is 2.18. The molecule has 1 aliphatic carbocycles. The van der Waals surface area contributed by atoms with Crippen molar-refractivity contribution in [1.82, 2.24) is 20.4 Å². The van der Waals surface area contributed by atoms with Gasteiger partial charge in [0, 0.05) is 45.8 Å². The van der Waals surface area contributed by atoms with Gasteiger partial charge < -0.3 is 20.3 Å². The largest absolute Gasteiger partial charge is 0.444 e. The second-order valence-electron chi connectivity index (χ2n) is 7.58. The van der Waals surface area contributed by atoms with E-state index in [4.69, 9.17) is 4.74 Å². The third-order valence-corrected chi connectivity index (χ3v) is 4.11. The summed E-state index contributed by atoms with van der Waals surface area (Å²) in [5.41, 5.74) is -0.424. The minimum absolute atomic E-state index is 0. The van der Waals surface area contributed by atoms with Crippen molar-refractivity contribution in [2.75, 3.05) is 46.3 Å². The quantitative estimate of drug-likeness (QED) is 0.280. The molecule has 0 aromatic heterocycles. The first-order valence-electron chi connectivity index (χ1n) is 9.05. The van der Waals surface area contributed by atoms with Crippen molar-refractivity contribution < 1.29 is 9.53 Å². The molecule has 0 atom stereocenters. The molecular weight excluding hydrogens is 433 g/mol. The minimum Gasteiger partial charge on any atom is -0.444 e. The molecule has 0 spiro atoms. The summed E-state index contributed by atoms with van der Waals surface area (Å²) in [5, 5.41) is 6.74. The molecule has 0 aromatic rings. The summed E-state index contributed by atoms with van der Waals surface area (Å²) in [6, 6.07) is 0.622. The number of nitrogens with one attached hydrogen (secondary N) is 2. The Labute approximate surface area is 169 Å². The third-order valence-electron chi connectivity index (χ3n) is 4.11. The Kier molecular flexibility index (Phi) is 9.26. The van der Waals surface area contributed by atoms with Crippen molar-refractivity contribution in [3.8, 4) is 0 Å². The lowest BCUT2D eigenvalue weighted by molar-refractivity contribution is 0.0145. The molecule has 1 saturated carbocycles. The molecule has 0 unspecified atom stereocenters. The van der Waals surface area contributed by atoms with Gasteiger partial charge in [-0.05, 0) is 46.6 Å². The van der Waals surface area contributed by atoms with Gasteiger partial charge in [0.15, 0.2) is 5.96 Å². The monoisotopic (exact) mass is 467 g/mol. The van der Waals surface area contributed by atoms with Crippen LogP contribution in [0.3, 0.4) is 0 Å². The molecule has 25 heavy (non-hydrogen) atoms. The minimum atomic E-state index is -0.424. The molecule has 8 heteroatoms. The zero-order chi connectivity index (χ0) is 17.6. The number of hydrogen-bond donors (Lipinski definition) is 2. The molecule has 1 saturated heterocycles. The average Bonchev–Trinajstić information content (AvgIpc) is 3.33. The van der Waals surface area contributed by atoms with Gasteiger partial charge in [-0.3, -0.25) is 9.89 Å². The van der Waals surface area contributed by atoms with Gasteiger partial charge in [-0.2, -0.15) is 0 Å². The number of guanidine groups is 1. The summed E-state index contributed by atoms with van der Waals surface area (Å²) in [6.45, 7) is 11.0. The van der Waals surface area contributed by atoms with Crippen LogP contribution in [-0.2, 0) is 4.74 Å². The molecule has 1 aliphatic heterocycles. The second kappa shape index (κ2) is 10.4. The fourth-order valence-corrected chi connectivity index (χ4v) is 2.61. The Morgan fingerprint density at radius 1 is 1.20 bits per heavy atom. The number of hydrogen-bond acceptors (Lipinski definition) is 4. The summed E-state index contributed by atoms with van der Waals surface area (Å²) >= 11 is 0. The van der Waals surface area contributed by atoms with Gasteiger partial charge in [0.2, 0.25) is 0 Å². The molecule has 146 valence electrons. The first-order chi connectivity index (χ1) is 11.4. The number of halogens is 1. The molecule has 2 fully saturated rings. The lowest BCUT2D eigenvalue weighted by Crippen LogP contribution is -2.50. The van der Waals surface area contributed by atoms with Gasteiger partial charge in [-0.1, -0.05) is 0 Å². The Hall–Kier alpha value is -0.770. The van der Waals surface area contributed by atoms with Crippen LogP contribution in [0.5, 0.6) is 0 Å². The summed E-state index contributed by atoms with van der Waals surface area (Å²) in [6.07, 6.45) is 3.38. The first-order valence-corrected chi connectivity index (χ1v) is 9.05. The zero-order valence-electron chi connectivity index (χ0n) is 16.0. The Balaban J connectivity index is 0.00000312. The van der Waals surface area contributed by atoms with Crippen molar-refractivity contribution in [1.29, 1.82) is 0 Å². The molecule has 1 heterocycles. The SMILES string of the molecule is CN=C(NCCCN1CCN(C(=O)OC(C)(C)C)CC1)NC1CC1.I. The van der Waals surface area contributed by atoms with Gasteiger partial charge in [0.25, 0.3) is 0 Å². The van der Waals surface area contributed by atoms with Crippen LogP contribution in [0.2, 0.25) is 0 Å². The number of ether oxygens (including phenoxy) is 1. The number of piperazine rings is 1. The number of carbonyl (C=O) groups excluding carboxylic acids is 1. The van der Waals surface area contributed by atoms with Crippen LogP contribution in [-0.4, -0.2) is 79.8 Å². The zero-order valence-corrected chi connectivity index (χ0v) is 18.3. The predicted molar refractivity (Wildman–Crippen MR) is 112 cm³/mol. The van der Waals surface area contributed by atoms with E-state index >= 15 is 0 Å². The van der Waals surface area contributed by atoms with Gasteiger partial charge >= 0.3 is 6.09 Å². The van der Waals surface area contributed by atoms with Crippen LogP contribution in [0.1, 0.15) is 40.0 Å². The summed E-state index contributed by atoms with van der Waals surface area (Å²) in [7, 11) is 1.81. The molecule has 0 radical (unpaired) electrons. The summed E-state index contributed by atoms with van der Waals surface area (Å²) in [4.78, 5) is 20.5. The van der Waals surface area contributed by atoms with Gasteiger partial charge in [-0.25, -0.2) is 4.79 Å². The van der Waals surface area contributed by atoms with Crippen LogP contribution in [0, 0.1) is 0 Å². The van der Waals surface area contributed by atoms with E-state index in [1.54, 1.807) is 4.90 Å². The fraction of sp³-hybridized carbons (Fsp3) is 0.882. The van der Waals surface area contributed by atoms with E-state index in [-0.39, 0.29) is 30.1 Å². The van der Waals surface area contributed by atoms with E-state index < -0.39 is 5.60 Å². The van der Waals surface area contributed by atoms with Gasteiger partial charge in [0.1, 0.15) is 5.60 Å². The summed E-state index contributed by atoms with van der Waals surface area (Å²) < 4.78 is 5.42. The van der Waals surface area contributed by atoms with E-state index in [0.717, 1.165) is 51.6 Å². The van der Waals surface area contributed by atoms with Crippen molar-refractivity contribution in [2.24, 2.45) is 4.99 Å². The first kappa shape index (κ1) is 22.3. The van der Waals surface area contributed by atoms with E-state index in [1.165, 1.54) is 12.8 Å². The van der Waals surface area contributed by atoms with Crippen LogP contribution in [0.15, 0.2) is 4.99 Å². The maximum absolute atomic E-state index is 12.0. The van der Waals surface area contributed by atoms with Crippen LogP contribution in [0.4, 0.5) is 4.79 Å². The standard InChI is InChI=1S/C17H33N5O2.HI/c1-17(2,3)24-16(23)22-12-10-21(11-13-22)9-5-8-19-15(18-4)20-14-6-7-14;/h14H,5-13H2,1-4H3,(H2,18,19,20);1H. The van der Waals surface area contributed by atoms with Crippen molar-refractivity contribution in [2.45, 2.75) is 51.7 Å². The molecule has 2 rings (SSSR count). The molecule has 0 aromatic carbocycles. The van der Waals surface area contributed by atoms with Gasteiger partial charge in [0.05, 0.1) is 0 Å². The topological polar surface area (TPSA) is 69.2 Å². The van der Waals surface area contributed by atoms with Crippen LogP contribution < -0.4 is 10.6 Å². The van der Waals surface area contributed by atoms with Crippen molar-refractivity contribution >= 4 is 36.0 Å². The van der Waals surface area contributed by atoms with E-state index in [0.29, 0.717) is 6.04 Å². The van der Waals surface area contributed by atoms with Gasteiger partial charge in [-0.15, -0.1) is 24.0 Å². The van der Waals surface area contributed by atoms with E-state index in [9.17, 15) is 4.79 Å². The molecular formula is C17H34IN5O2. The lowest BCUT2D eigenvalue weighted by atomic mass is 10.2. The number of carbonyl (C=O) groups is 1. The third kappa shape index (κ3) is 8.94. The number of aliphatic imine (C=N–C) groups is 1. The Bertz CT molecular complexity index is 441. The number of rotatable bonds is 5. The maximum atomic E-state index is 12.0. The number of amides is 1. The predicted octanol–water partition coefficient (Wildman–Crippen LogP) is 1.87. The van der Waals surface area contributed by atoms with Crippen LogP contribution >= 0.6 is 24.0 Å². The van der Waals surface area contributed by atoms with Crippen molar-refractivity contribution in [3.05, 3.63) is 0 Å². The molecule has 7 nitrogen and oxygen atoms in total. The molecule has 2 aliphatic rings. The molecule has 1 amide bonds. The summed E-state index contributed by atoms with van der Waals surface area (Å²) in [5.74, 6) is 0.909. The second-order valence-corrected chi connectivity index (χ2v) is 7.58. The van der Waals surface area contributed by atoms with E-state index in [2.05, 4.69) is 20.5 Å². The normalized spacial score (nSPS) is 19.2. The van der Waals surface area contributed by atoms with Crippen molar-refractivity contribution in [3.63, 3.8) is 0 Å². The lowest BCUT2D eigenvalue weighted by Gasteiger charge is -2.35. The molecule has 2 N–H and O–H groups in total. The van der Waals surface area contributed by atoms with E-state index in [1.807, 2.05) is 27.8 Å². The highest BCUT2D eigenvalue weighted by atomic mass is 127. The van der Waals surface area contributed by atoms with Crippen LogP contribution in [0.25, 0.3) is 0 Å². The highest BCUT2D eigenvalue weighted by molar-refractivity contribution is 14.0. The fourth-order valence-electron chi connectivity index (χ4n) is 2.61. The average molecular weight is 467 g/mol. The molecule has 0 bridgehead atoms. The Morgan fingerprint density at radius 2 is 1.84 bits per heavy atom. The Morgan fingerprint density at radius 3 is 2.36 bits per heavy atom. The number of nitrogens with zero attached hydrogens (tertiary/aromatic N) is 3.